The van der Waals surface area contributed by atoms with E-state index < -0.39 is 6.10 Å². The van der Waals surface area contributed by atoms with E-state index in [2.05, 4.69) is 0 Å². The molecule has 15 heavy (non-hydrogen) atoms. The third-order valence-electron chi connectivity index (χ3n) is 2.16. The summed E-state index contributed by atoms with van der Waals surface area (Å²) in [5, 5.41) is 9.54. The van der Waals surface area contributed by atoms with Crippen molar-refractivity contribution in [1.29, 1.82) is 0 Å². The molecule has 0 aliphatic carbocycles. The summed E-state index contributed by atoms with van der Waals surface area (Å²) in [6.07, 6.45) is 0.506. The second-order valence-electron chi connectivity index (χ2n) is 5.25. The van der Waals surface area contributed by atoms with E-state index in [1.807, 2.05) is 34.6 Å². The molecular weight excluding hydrogens is 192 g/mol. The van der Waals surface area contributed by atoms with Gasteiger partial charge in [0, 0.05) is 11.8 Å². The Morgan fingerprint density at radius 3 is 2.27 bits per heavy atom. The molecule has 0 spiro atoms. The van der Waals surface area contributed by atoms with E-state index in [4.69, 9.17) is 4.74 Å². The molecule has 3 nitrogen and oxygen atoms in total. The van der Waals surface area contributed by atoms with Gasteiger partial charge in [0.25, 0.3) is 0 Å². The summed E-state index contributed by atoms with van der Waals surface area (Å²) in [7, 11) is 0. The van der Waals surface area contributed by atoms with Gasteiger partial charge in [0.2, 0.25) is 0 Å². The van der Waals surface area contributed by atoms with Crippen LogP contribution in [-0.2, 0) is 9.53 Å². The lowest BCUT2D eigenvalue weighted by atomic mass is 9.88. The first-order valence-corrected chi connectivity index (χ1v) is 5.56. The maximum Gasteiger partial charge on any atom is 0.138 e. The lowest BCUT2D eigenvalue weighted by molar-refractivity contribution is -0.127. The first-order valence-electron chi connectivity index (χ1n) is 5.56. The summed E-state index contributed by atoms with van der Waals surface area (Å²) < 4.78 is 5.26. The molecule has 0 aliphatic rings. The van der Waals surface area contributed by atoms with Crippen molar-refractivity contribution in [2.45, 2.75) is 59.7 Å². The number of ketones is 1. The fraction of sp³-hybridized carbons (Fsp3) is 0.917. The molecule has 0 saturated heterocycles. The third-order valence-corrected chi connectivity index (χ3v) is 2.16. The average Bonchev–Trinajstić information content (AvgIpc) is 2.09. The quantitative estimate of drug-likeness (QED) is 0.740. The molecule has 1 unspecified atom stereocenters. The highest BCUT2D eigenvalue weighted by atomic mass is 16.5. The predicted octanol–water partition coefficient (Wildman–Crippen LogP) is 2.17. The number of rotatable bonds is 6. The predicted molar refractivity (Wildman–Crippen MR) is 60.8 cm³/mol. The largest absolute Gasteiger partial charge is 0.391 e. The molecule has 0 radical (unpaired) electrons. The van der Waals surface area contributed by atoms with Gasteiger partial charge in [-0.3, -0.25) is 4.79 Å². The van der Waals surface area contributed by atoms with Gasteiger partial charge < -0.3 is 9.84 Å². The molecule has 90 valence electrons. The lowest BCUT2D eigenvalue weighted by Crippen LogP contribution is -2.24. The summed E-state index contributed by atoms with van der Waals surface area (Å²) in [6.45, 7) is 9.85. The summed E-state index contributed by atoms with van der Waals surface area (Å²) in [5.41, 5.74) is -0.307. The van der Waals surface area contributed by atoms with Crippen LogP contribution in [0.1, 0.15) is 47.5 Å². The summed E-state index contributed by atoms with van der Waals surface area (Å²) in [4.78, 5) is 11.6. The molecule has 0 bridgehead atoms. The Labute approximate surface area is 92.8 Å². The molecule has 0 rings (SSSR count). The molecule has 1 N–H and O–H groups in total. The van der Waals surface area contributed by atoms with Gasteiger partial charge in [-0.1, -0.05) is 20.8 Å². The number of ether oxygens (including phenoxy) is 1. The smallest absolute Gasteiger partial charge is 0.138 e. The van der Waals surface area contributed by atoms with Crippen LogP contribution in [0.5, 0.6) is 0 Å². The van der Waals surface area contributed by atoms with Crippen molar-refractivity contribution < 1.29 is 14.6 Å². The first-order chi connectivity index (χ1) is 6.73. The Bertz CT molecular complexity index is 192. The van der Waals surface area contributed by atoms with E-state index in [-0.39, 0.29) is 17.3 Å². The Kier molecular flexibility index (Phi) is 6.06. The fourth-order valence-electron chi connectivity index (χ4n) is 1.06. The molecule has 0 amide bonds. The van der Waals surface area contributed by atoms with Crippen molar-refractivity contribution in [1.82, 2.24) is 0 Å². The van der Waals surface area contributed by atoms with Crippen LogP contribution in [0.15, 0.2) is 0 Å². The van der Waals surface area contributed by atoms with Gasteiger partial charge in [-0.25, -0.2) is 0 Å². The van der Waals surface area contributed by atoms with Gasteiger partial charge in [0.1, 0.15) is 5.78 Å². The van der Waals surface area contributed by atoms with E-state index >= 15 is 0 Å². The lowest BCUT2D eigenvalue weighted by Gasteiger charge is -2.18. The first kappa shape index (κ1) is 14.6. The second-order valence-corrected chi connectivity index (χ2v) is 5.25. The van der Waals surface area contributed by atoms with Crippen molar-refractivity contribution >= 4 is 5.78 Å². The Morgan fingerprint density at radius 1 is 1.33 bits per heavy atom. The van der Waals surface area contributed by atoms with Gasteiger partial charge in [-0.2, -0.15) is 0 Å². The minimum absolute atomic E-state index is 0.123. The topological polar surface area (TPSA) is 46.5 Å². The van der Waals surface area contributed by atoms with Crippen LogP contribution in [0.3, 0.4) is 0 Å². The van der Waals surface area contributed by atoms with Crippen LogP contribution in [0.25, 0.3) is 0 Å². The molecule has 1 atom stereocenters. The molecular formula is C12H24O3. The monoisotopic (exact) mass is 216 g/mol. The number of carbonyl (C=O) groups excluding carboxylic acids is 1. The second kappa shape index (κ2) is 6.23. The van der Waals surface area contributed by atoms with E-state index in [0.29, 0.717) is 19.4 Å². The zero-order valence-electron chi connectivity index (χ0n) is 10.5. The zero-order valence-corrected chi connectivity index (χ0v) is 10.5. The van der Waals surface area contributed by atoms with Crippen LogP contribution >= 0.6 is 0 Å². The van der Waals surface area contributed by atoms with E-state index in [1.54, 1.807) is 0 Å². The maximum atomic E-state index is 11.6. The van der Waals surface area contributed by atoms with Gasteiger partial charge in [0.15, 0.2) is 0 Å². The van der Waals surface area contributed by atoms with E-state index in [9.17, 15) is 9.90 Å². The molecule has 0 heterocycles. The standard InChI is InChI=1S/C12H24O3/c1-9(2)15-8-10(13)6-7-11(14)12(3,4)5/h9-10,13H,6-8H2,1-5H3. The highest BCUT2D eigenvalue weighted by Crippen LogP contribution is 2.18. The molecule has 0 fully saturated rings. The number of aliphatic hydroxyl groups excluding tert-OH is 1. The van der Waals surface area contributed by atoms with Crippen molar-refractivity contribution in [3.05, 3.63) is 0 Å². The highest BCUT2D eigenvalue weighted by Gasteiger charge is 2.21. The van der Waals surface area contributed by atoms with Crippen molar-refractivity contribution in [2.75, 3.05) is 6.61 Å². The molecule has 0 aromatic rings. The van der Waals surface area contributed by atoms with Crippen LogP contribution in [0.2, 0.25) is 0 Å². The molecule has 0 saturated carbocycles. The fourth-order valence-corrected chi connectivity index (χ4v) is 1.06. The Hall–Kier alpha value is -0.410. The summed E-state index contributed by atoms with van der Waals surface area (Å²) in [6, 6.07) is 0. The SMILES string of the molecule is CC(C)OCC(O)CCC(=O)C(C)(C)C. The number of carbonyl (C=O) groups is 1. The molecule has 0 aromatic heterocycles. The van der Waals surface area contributed by atoms with Crippen LogP contribution in [-0.4, -0.2) is 29.7 Å². The van der Waals surface area contributed by atoms with Crippen LogP contribution in [0.4, 0.5) is 0 Å². The highest BCUT2D eigenvalue weighted by molar-refractivity contribution is 5.83. The van der Waals surface area contributed by atoms with Gasteiger partial charge in [-0.15, -0.1) is 0 Å². The van der Waals surface area contributed by atoms with E-state index in [1.165, 1.54) is 0 Å². The Balaban J connectivity index is 3.72. The minimum Gasteiger partial charge on any atom is -0.391 e. The van der Waals surface area contributed by atoms with Crippen molar-refractivity contribution in [3.8, 4) is 0 Å². The average molecular weight is 216 g/mol. The number of Topliss-reactive ketones (excluding diaryl/α,β-unsaturated/α-hetero) is 1. The van der Waals surface area contributed by atoms with Crippen molar-refractivity contribution in [3.63, 3.8) is 0 Å². The third kappa shape index (κ3) is 7.51. The molecule has 0 aliphatic heterocycles. The van der Waals surface area contributed by atoms with Gasteiger partial charge >= 0.3 is 0 Å². The Morgan fingerprint density at radius 2 is 1.87 bits per heavy atom. The van der Waals surface area contributed by atoms with Gasteiger partial charge in [-0.05, 0) is 20.3 Å². The molecule has 0 aromatic carbocycles. The van der Waals surface area contributed by atoms with Crippen molar-refractivity contribution in [2.24, 2.45) is 5.41 Å². The number of hydrogen-bond donors (Lipinski definition) is 1. The minimum atomic E-state index is -0.529. The van der Waals surface area contributed by atoms with E-state index in [0.717, 1.165) is 0 Å². The normalized spacial score (nSPS) is 14.3. The summed E-state index contributed by atoms with van der Waals surface area (Å²) in [5.74, 6) is 0.186. The molecule has 3 heteroatoms. The number of hydrogen-bond acceptors (Lipinski definition) is 3. The van der Waals surface area contributed by atoms with Crippen LogP contribution < -0.4 is 0 Å². The maximum absolute atomic E-state index is 11.6. The zero-order chi connectivity index (χ0) is 12.1. The summed E-state index contributed by atoms with van der Waals surface area (Å²) >= 11 is 0. The van der Waals surface area contributed by atoms with Crippen LogP contribution in [0, 0.1) is 5.41 Å². The van der Waals surface area contributed by atoms with Gasteiger partial charge in [0.05, 0.1) is 18.8 Å². The number of aliphatic hydroxyl groups is 1.